The molecule has 2 rings (SSSR count). The summed E-state index contributed by atoms with van der Waals surface area (Å²) in [6, 6.07) is 11.3. The van der Waals surface area contributed by atoms with Crippen molar-refractivity contribution in [3.05, 3.63) is 51.7 Å². The van der Waals surface area contributed by atoms with Crippen LogP contribution in [0, 0.1) is 0 Å². The fourth-order valence-electron chi connectivity index (χ4n) is 1.88. The van der Waals surface area contributed by atoms with Crippen molar-refractivity contribution in [3.8, 4) is 0 Å². The lowest BCUT2D eigenvalue weighted by Gasteiger charge is -2.14. The van der Waals surface area contributed by atoms with Crippen molar-refractivity contribution in [2.24, 2.45) is 0 Å². The molecule has 0 amide bonds. The first-order valence-corrected chi connectivity index (χ1v) is 7.10. The summed E-state index contributed by atoms with van der Waals surface area (Å²) in [5.74, 6) is -0.902. The van der Waals surface area contributed by atoms with Crippen LogP contribution in [-0.2, 0) is 6.42 Å². The number of rotatable bonds is 5. The predicted molar refractivity (Wildman–Crippen MR) is 79.1 cm³/mol. The van der Waals surface area contributed by atoms with Crippen molar-refractivity contribution in [1.29, 1.82) is 0 Å². The zero-order valence-electron chi connectivity index (χ0n) is 11.0. The standard InChI is InChI=1S/C15H17NO2S/c1-3-13-7-8-14(19-13)10(2)16-12-6-4-5-11(9-12)15(17)18/h4-10,16H,3H2,1-2H3,(H,17,18). The molecule has 0 spiro atoms. The van der Waals surface area contributed by atoms with Crippen LogP contribution in [0.25, 0.3) is 0 Å². The van der Waals surface area contributed by atoms with Crippen LogP contribution in [-0.4, -0.2) is 11.1 Å². The molecule has 19 heavy (non-hydrogen) atoms. The fraction of sp³-hybridized carbons (Fsp3) is 0.267. The molecule has 1 heterocycles. The quantitative estimate of drug-likeness (QED) is 0.860. The molecule has 0 aliphatic rings. The smallest absolute Gasteiger partial charge is 0.335 e. The van der Waals surface area contributed by atoms with E-state index in [-0.39, 0.29) is 6.04 Å². The molecule has 0 aliphatic carbocycles. The molecular formula is C15H17NO2S. The molecule has 0 saturated carbocycles. The number of aromatic carboxylic acids is 1. The maximum atomic E-state index is 10.9. The number of hydrogen-bond donors (Lipinski definition) is 2. The highest BCUT2D eigenvalue weighted by molar-refractivity contribution is 7.12. The van der Waals surface area contributed by atoms with Gasteiger partial charge in [-0.2, -0.15) is 0 Å². The zero-order valence-corrected chi connectivity index (χ0v) is 11.8. The molecule has 1 aromatic carbocycles. The predicted octanol–water partition coefficient (Wildman–Crippen LogP) is 4.18. The lowest BCUT2D eigenvalue weighted by atomic mass is 10.2. The highest BCUT2D eigenvalue weighted by Gasteiger charge is 2.09. The van der Waals surface area contributed by atoms with E-state index in [2.05, 4.69) is 31.3 Å². The van der Waals surface area contributed by atoms with Gasteiger partial charge in [0.05, 0.1) is 11.6 Å². The van der Waals surface area contributed by atoms with Crippen LogP contribution in [0.4, 0.5) is 5.69 Å². The molecule has 100 valence electrons. The Balaban J connectivity index is 2.12. The number of nitrogens with one attached hydrogen (secondary N) is 1. The van der Waals surface area contributed by atoms with Gasteiger partial charge in [-0.05, 0) is 43.7 Å². The van der Waals surface area contributed by atoms with Gasteiger partial charge in [0.15, 0.2) is 0 Å². The van der Waals surface area contributed by atoms with E-state index in [0.29, 0.717) is 5.56 Å². The molecule has 3 nitrogen and oxygen atoms in total. The summed E-state index contributed by atoms with van der Waals surface area (Å²) in [4.78, 5) is 13.6. The third-order valence-electron chi connectivity index (χ3n) is 2.95. The Bertz CT molecular complexity index is 577. The molecule has 4 heteroatoms. The molecule has 1 aromatic heterocycles. The van der Waals surface area contributed by atoms with Crippen molar-refractivity contribution in [3.63, 3.8) is 0 Å². The maximum absolute atomic E-state index is 10.9. The van der Waals surface area contributed by atoms with Crippen LogP contribution in [0.15, 0.2) is 36.4 Å². The number of anilines is 1. The van der Waals surface area contributed by atoms with Crippen molar-refractivity contribution in [2.45, 2.75) is 26.3 Å². The molecule has 1 unspecified atom stereocenters. The molecule has 0 radical (unpaired) electrons. The van der Waals surface area contributed by atoms with Gasteiger partial charge in [0.2, 0.25) is 0 Å². The largest absolute Gasteiger partial charge is 0.478 e. The molecule has 2 aromatic rings. The van der Waals surface area contributed by atoms with E-state index in [1.165, 1.54) is 9.75 Å². The molecule has 0 saturated heterocycles. The minimum Gasteiger partial charge on any atom is -0.478 e. The second-order valence-electron chi connectivity index (χ2n) is 4.41. The minimum absolute atomic E-state index is 0.175. The van der Waals surface area contributed by atoms with Crippen molar-refractivity contribution < 1.29 is 9.90 Å². The first kappa shape index (κ1) is 13.6. The highest BCUT2D eigenvalue weighted by Crippen LogP contribution is 2.26. The number of hydrogen-bond acceptors (Lipinski definition) is 3. The second kappa shape index (κ2) is 5.89. The highest BCUT2D eigenvalue weighted by atomic mass is 32.1. The molecular weight excluding hydrogens is 258 g/mol. The van der Waals surface area contributed by atoms with E-state index in [9.17, 15) is 4.79 Å². The Morgan fingerprint density at radius 1 is 1.37 bits per heavy atom. The second-order valence-corrected chi connectivity index (χ2v) is 5.61. The Labute approximate surface area is 116 Å². The van der Waals surface area contributed by atoms with Gasteiger partial charge in [0.1, 0.15) is 0 Å². The van der Waals surface area contributed by atoms with Crippen molar-refractivity contribution in [2.75, 3.05) is 5.32 Å². The van der Waals surface area contributed by atoms with Crippen LogP contribution in [0.2, 0.25) is 0 Å². The number of carbonyl (C=O) groups is 1. The normalized spacial score (nSPS) is 12.1. The summed E-state index contributed by atoms with van der Waals surface area (Å²) in [6.07, 6.45) is 1.05. The van der Waals surface area contributed by atoms with Gasteiger partial charge < -0.3 is 10.4 Å². The number of thiophene rings is 1. The van der Waals surface area contributed by atoms with Gasteiger partial charge >= 0.3 is 5.97 Å². The average molecular weight is 275 g/mol. The molecule has 1 atom stereocenters. The lowest BCUT2D eigenvalue weighted by Crippen LogP contribution is -2.06. The summed E-state index contributed by atoms with van der Waals surface area (Å²) < 4.78 is 0. The number of aryl methyl sites for hydroxylation is 1. The first-order valence-electron chi connectivity index (χ1n) is 6.28. The maximum Gasteiger partial charge on any atom is 0.335 e. The molecule has 0 fully saturated rings. The first-order chi connectivity index (χ1) is 9.10. The van der Waals surface area contributed by atoms with Gasteiger partial charge in [0, 0.05) is 15.4 Å². The molecule has 2 N–H and O–H groups in total. The van der Waals surface area contributed by atoms with Crippen LogP contribution in [0.1, 0.15) is 40.0 Å². The monoisotopic (exact) mass is 275 g/mol. The van der Waals surface area contributed by atoms with Gasteiger partial charge in [-0.3, -0.25) is 0 Å². The number of benzene rings is 1. The van der Waals surface area contributed by atoms with E-state index in [0.717, 1.165) is 12.1 Å². The van der Waals surface area contributed by atoms with Gasteiger partial charge in [-0.25, -0.2) is 4.79 Å². The summed E-state index contributed by atoms with van der Waals surface area (Å²) in [5.41, 5.74) is 1.14. The lowest BCUT2D eigenvalue weighted by molar-refractivity contribution is 0.0697. The van der Waals surface area contributed by atoms with E-state index in [1.54, 1.807) is 29.5 Å². The molecule has 0 aliphatic heterocycles. The van der Waals surface area contributed by atoms with Gasteiger partial charge in [-0.15, -0.1) is 11.3 Å². The number of carboxylic acid groups (broad SMARTS) is 1. The van der Waals surface area contributed by atoms with Crippen LogP contribution in [0.3, 0.4) is 0 Å². The topological polar surface area (TPSA) is 49.3 Å². The Morgan fingerprint density at radius 2 is 2.16 bits per heavy atom. The van der Waals surface area contributed by atoms with E-state index in [4.69, 9.17) is 5.11 Å². The van der Waals surface area contributed by atoms with Crippen molar-refractivity contribution >= 4 is 23.0 Å². The summed E-state index contributed by atoms with van der Waals surface area (Å²) in [6.45, 7) is 4.22. The van der Waals surface area contributed by atoms with Gasteiger partial charge in [-0.1, -0.05) is 13.0 Å². The summed E-state index contributed by atoms with van der Waals surface area (Å²) in [5, 5.41) is 12.3. The van der Waals surface area contributed by atoms with E-state index < -0.39 is 5.97 Å². The number of carboxylic acids is 1. The van der Waals surface area contributed by atoms with Gasteiger partial charge in [0.25, 0.3) is 0 Å². The van der Waals surface area contributed by atoms with Crippen LogP contribution in [0.5, 0.6) is 0 Å². The minimum atomic E-state index is -0.902. The average Bonchev–Trinajstić information content (AvgIpc) is 2.88. The Morgan fingerprint density at radius 3 is 2.79 bits per heavy atom. The van der Waals surface area contributed by atoms with E-state index in [1.807, 2.05) is 6.07 Å². The fourth-order valence-corrected chi connectivity index (χ4v) is 2.84. The third kappa shape index (κ3) is 3.35. The Kier molecular flexibility index (Phi) is 4.22. The van der Waals surface area contributed by atoms with E-state index >= 15 is 0 Å². The Hall–Kier alpha value is -1.81. The summed E-state index contributed by atoms with van der Waals surface area (Å²) >= 11 is 1.79. The zero-order chi connectivity index (χ0) is 13.8. The molecule has 0 bridgehead atoms. The SMILES string of the molecule is CCc1ccc(C(C)Nc2cccc(C(=O)O)c2)s1. The van der Waals surface area contributed by atoms with Crippen LogP contribution < -0.4 is 5.32 Å². The summed E-state index contributed by atoms with van der Waals surface area (Å²) in [7, 11) is 0. The van der Waals surface area contributed by atoms with Crippen LogP contribution >= 0.6 is 11.3 Å². The van der Waals surface area contributed by atoms with Crippen molar-refractivity contribution in [1.82, 2.24) is 0 Å². The third-order valence-corrected chi connectivity index (χ3v) is 4.36.